The van der Waals surface area contributed by atoms with Gasteiger partial charge < -0.3 is 18.6 Å². The second-order valence-electron chi connectivity index (χ2n) is 10.1. The Balaban J connectivity index is 1.61. The molecule has 0 aromatic carbocycles. The molecule has 5 rings (SSSR count). The number of ketones is 1. The highest BCUT2D eigenvalue weighted by Crippen LogP contribution is 2.67. The second kappa shape index (κ2) is 7.57. The summed E-state index contributed by atoms with van der Waals surface area (Å²) in [7, 11) is 0. The highest BCUT2D eigenvalue weighted by Gasteiger charge is 2.74. The number of ether oxygens (including phenoxy) is 3. The Hall–Kier alpha value is -2.90. The van der Waals surface area contributed by atoms with Crippen molar-refractivity contribution >= 4 is 23.7 Å². The molecule has 2 saturated carbocycles. The van der Waals surface area contributed by atoms with Crippen LogP contribution in [0.1, 0.15) is 58.1 Å². The Morgan fingerprint density at radius 3 is 2.70 bits per heavy atom. The maximum Gasteiger partial charge on any atom is 0.333 e. The molecule has 1 aromatic heterocycles. The Morgan fingerprint density at radius 1 is 1.21 bits per heavy atom. The van der Waals surface area contributed by atoms with E-state index in [0.29, 0.717) is 18.4 Å². The van der Waals surface area contributed by atoms with Gasteiger partial charge in [0, 0.05) is 23.5 Å². The molecular weight excluding hydrogens is 428 g/mol. The highest BCUT2D eigenvalue weighted by atomic mass is 16.6. The molecular formula is C25H28O8. The van der Waals surface area contributed by atoms with Crippen LogP contribution in [0.25, 0.3) is 0 Å². The van der Waals surface area contributed by atoms with E-state index >= 15 is 0 Å². The number of carbonyl (C=O) groups is 4. The molecule has 7 unspecified atom stereocenters. The number of furan rings is 1. The van der Waals surface area contributed by atoms with Crippen molar-refractivity contribution in [1.82, 2.24) is 0 Å². The van der Waals surface area contributed by atoms with Crippen LogP contribution in [0.15, 0.2) is 34.7 Å². The summed E-state index contributed by atoms with van der Waals surface area (Å²) in [4.78, 5) is 52.4. The standard InChI is InChI=1S/C25H28O8/c1-4-13(2)21(27)33-19-9-16-23(29)32-18(14-7-8-30-11-14)10-24(16,3)20-17(26)6-5-15-22(28)31-12-25(15,19)20/h4,7-8,11,15-16,18-20H,5-6,9-10,12H2,1-3H3. The summed E-state index contributed by atoms with van der Waals surface area (Å²) in [5, 5.41) is 0. The smallest absolute Gasteiger partial charge is 0.333 e. The van der Waals surface area contributed by atoms with Crippen LogP contribution in [0.5, 0.6) is 0 Å². The monoisotopic (exact) mass is 456 g/mol. The van der Waals surface area contributed by atoms with Crippen molar-refractivity contribution in [1.29, 1.82) is 0 Å². The summed E-state index contributed by atoms with van der Waals surface area (Å²) in [6.45, 7) is 5.33. The molecule has 4 fully saturated rings. The summed E-state index contributed by atoms with van der Waals surface area (Å²) < 4.78 is 22.4. The fraction of sp³-hybridized carbons (Fsp3) is 0.600. The number of fused-ring (bicyclic) bond motifs is 2. The largest absolute Gasteiger partial charge is 0.472 e. The van der Waals surface area contributed by atoms with Crippen LogP contribution >= 0.6 is 0 Å². The van der Waals surface area contributed by atoms with Crippen LogP contribution in [0, 0.1) is 28.6 Å². The molecule has 8 heteroatoms. The summed E-state index contributed by atoms with van der Waals surface area (Å²) in [5.41, 5.74) is -0.612. The van der Waals surface area contributed by atoms with E-state index < -0.39 is 52.7 Å². The van der Waals surface area contributed by atoms with Crippen molar-refractivity contribution in [2.45, 2.75) is 58.7 Å². The number of Topliss-reactive ketones (excluding diaryl/α,β-unsaturated/α-hetero) is 1. The molecule has 0 amide bonds. The SMILES string of the molecule is CC=C(C)C(=O)OC1CC2C(=O)OC(c3ccoc3)CC2(C)C2C(=O)CCC3C(=O)OCC132. The van der Waals surface area contributed by atoms with E-state index in [1.807, 2.05) is 6.92 Å². The zero-order valence-corrected chi connectivity index (χ0v) is 19.0. The molecule has 0 N–H and O–H groups in total. The first-order valence-corrected chi connectivity index (χ1v) is 11.5. The average molecular weight is 456 g/mol. The predicted octanol–water partition coefficient (Wildman–Crippen LogP) is 3.31. The molecule has 2 saturated heterocycles. The van der Waals surface area contributed by atoms with Crippen molar-refractivity contribution in [3.63, 3.8) is 0 Å². The van der Waals surface area contributed by atoms with Gasteiger partial charge >= 0.3 is 17.9 Å². The molecule has 2 aliphatic heterocycles. The first kappa shape index (κ1) is 21.9. The third-order valence-electron chi connectivity index (χ3n) is 8.53. The van der Waals surface area contributed by atoms with Gasteiger partial charge in [0.1, 0.15) is 24.6 Å². The number of rotatable bonds is 3. The Bertz CT molecular complexity index is 1040. The normalized spacial score (nSPS) is 40.3. The maximum atomic E-state index is 13.6. The van der Waals surface area contributed by atoms with Gasteiger partial charge in [-0.25, -0.2) is 4.79 Å². The lowest BCUT2D eigenvalue weighted by molar-refractivity contribution is -0.225. The fourth-order valence-electron chi connectivity index (χ4n) is 6.84. The van der Waals surface area contributed by atoms with E-state index in [0.717, 1.165) is 5.56 Å². The van der Waals surface area contributed by atoms with Crippen molar-refractivity contribution in [3.8, 4) is 0 Å². The summed E-state index contributed by atoms with van der Waals surface area (Å²) in [6.07, 6.45) is 4.54. The number of hydrogen-bond donors (Lipinski definition) is 0. The van der Waals surface area contributed by atoms with Gasteiger partial charge in [0.15, 0.2) is 0 Å². The number of esters is 3. The van der Waals surface area contributed by atoms with E-state index in [1.54, 1.807) is 32.3 Å². The molecule has 8 nitrogen and oxygen atoms in total. The van der Waals surface area contributed by atoms with E-state index in [2.05, 4.69) is 0 Å². The van der Waals surface area contributed by atoms with Crippen LogP contribution in [-0.4, -0.2) is 36.4 Å². The van der Waals surface area contributed by atoms with Gasteiger partial charge in [0.2, 0.25) is 0 Å². The Labute approximate surface area is 191 Å². The van der Waals surface area contributed by atoms with Gasteiger partial charge in [0.25, 0.3) is 0 Å². The lowest BCUT2D eigenvalue weighted by Gasteiger charge is -2.61. The van der Waals surface area contributed by atoms with Gasteiger partial charge in [-0.1, -0.05) is 13.0 Å². The van der Waals surface area contributed by atoms with E-state index in [-0.39, 0.29) is 31.2 Å². The Morgan fingerprint density at radius 2 is 2.00 bits per heavy atom. The zero-order valence-electron chi connectivity index (χ0n) is 19.0. The van der Waals surface area contributed by atoms with E-state index in [9.17, 15) is 19.2 Å². The Kier molecular flexibility index (Phi) is 5.03. The summed E-state index contributed by atoms with van der Waals surface area (Å²) in [5.74, 6) is -3.17. The molecule has 1 spiro atoms. The molecule has 7 atom stereocenters. The molecule has 3 heterocycles. The highest BCUT2D eigenvalue weighted by molar-refractivity contribution is 5.91. The fourth-order valence-corrected chi connectivity index (χ4v) is 6.84. The topological polar surface area (TPSA) is 109 Å². The van der Waals surface area contributed by atoms with Crippen molar-refractivity contribution in [3.05, 3.63) is 35.8 Å². The first-order chi connectivity index (χ1) is 15.7. The minimum Gasteiger partial charge on any atom is -0.472 e. The molecule has 0 radical (unpaired) electrons. The number of carbonyl (C=O) groups excluding carboxylic acids is 4. The third-order valence-corrected chi connectivity index (χ3v) is 8.53. The molecule has 2 aliphatic carbocycles. The van der Waals surface area contributed by atoms with Gasteiger partial charge in [-0.3, -0.25) is 14.4 Å². The van der Waals surface area contributed by atoms with Crippen LogP contribution < -0.4 is 0 Å². The molecule has 0 bridgehead atoms. The lowest BCUT2D eigenvalue weighted by atomic mass is 9.42. The quantitative estimate of drug-likeness (QED) is 0.387. The van der Waals surface area contributed by atoms with Crippen molar-refractivity contribution in [2.24, 2.45) is 28.6 Å². The molecule has 4 aliphatic rings. The van der Waals surface area contributed by atoms with E-state index in [1.165, 1.54) is 6.26 Å². The van der Waals surface area contributed by atoms with Crippen LogP contribution in [-0.2, 0) is 33.4 Å². The molecule has 176 valence electrons. The minimum absolute atomic E-state index is 0.00742. The van der Waals surface area contributed by atoms with Gasteiger partial charge in [0.05, 0.1) is 29.8 Å². The van der Waals surface area contributed by atoms with Gasteiger partial charge in [-0.15, -0.1) is 0 Å². The number of cyclic esters (lactones) is 2. The number of allylic oxidation sites excluding steroid dienone is 1. The number of hydrogen-bond acceptors (Lipinski definition) is 8. The van der Waals surface area contributed by atoms with Crippen LogP contribution in [0.2, 0.25) is 0 Å². The molecule has 1 aromatic rings. The summed E-state index contributed by atoms with van der Waals surface area (Å²) >= 11 is 0. The predicted molar refractivity (Wildman–Crippen MR) is 112 cm³/mol. The minimum atomic E-state index is -0.986. The zero-order chi connectivity index (χ0) is 23.5. The van der Waals surface area contributed by atoms with Crippen LogP contribution in [0.3, 0.4) is 0 Å². The second-order valence-corrected chi connectivity index (χ2v) is 10.1. The van der Waals surface area contributed by atoms with Crippen molar-refractivity contribution < 1.29 is 37.8 Å². The van der Waals surface area contributed by atoms with Gasteiger partial charge in [-0.05, 0) is 44.6 Å². The van der Waals surface area contributed by atoms with Gasteiger partial charge in [-0.2, -0.15) is 0 Å². The average Bonchev–Trinajstić information content (AvgIpc) is 3.43. The lowest BCUT2D eigenvalue weighted by Crippen LogP contribution is -2.67. The first-order valence-electron chi connectivity index (χ1n) is 11.5. The third kappa shape index (κ3) is 3.02. The van der Waals surface area contributed by atoms with Crippen LogP contribution in [0.4, 0.5) is 0 Å². The maximum absolute atomic E-state index is 13.6. The van der Waals surface area contributed by atoms with Crippen molar-refractivity contribution in [2.75, 3.05) is 6.61 Å². The van der Waals surface area contributed by atoms with E-state index in [4.69, 9.17) is 18.6 Å². The summed E-state index contributed by atoms with van der Waals surface area (Å²) in [6, 6.07) is 1.75. The molecule has 33 heavy (non-hydrogen) atoms.